The molecule has 0 radical (unpaired) electrons. The van der Waals surface area contributed by atoms with Gasteiger partial charge in [0.15, 0.2) is 0 Å². The van der Waals surface area contributed by atoms with Gasteiger partial charge in [-0.15, -0.1) is 0 Å². The highest BCUT2D eigenvalue weighted by atomic mass is 32.2. The Labute approximate surface area is 170 Å². The molecule has 1 fully saturated rings. The molecule has 0 spiro atoms. The Morgan fingerprint density at radius 3 is 2.55 bits per heavy atom. The standard InChI is InChI=1S/C22H22N2O4S/c25-22(28-16-18-9-6-8-17-10-7-13-23-21(17)18)19-11-2-3-12-20(19)29(26,27)24-14-4-1-5-15-24/h2-3,6-13H,1,4-5,14-16H2. The number of aromatic nitrogens is 1. The number of nitrogens with zero attached hydrogens (tertiary/aromatic N) is 2. The molecule has 0 N–H and O–H groups in total. The van der Waals surface area contributed by atoms with Crippen molar-refractivity contribution in [2.45, 2.75) is 30.8 Å². The maximum atomic E-state index is 13.1. The summed E-state index contributed by atoms with van der Waals surface area (Å²) < 4.78 is 33.1. The number of piperidine rings is 1. The minimum atomic E-state index is -3.74. The van der Waals surface area contributed by atoms with E-state index in [1.165, 1.54) is 16.4 Å². The molecule has 0 unspecified atom stereocenters. The SMILES string of the molecule is O=C(OCc1cccc2cccnc12)c1ccccc1S(=O)(=O)N1CCCCC1. The van der Waals surface area contributed by atoms with Gasteiger partial charge in [-0.1, -0.05) is 42.8 Å². The van der Waals surface area contributed by atoms with Crippen molar-refractivity contribution in [2.24, 2.45) is 0 Å². The molecule has 0 saturated carbocycles. The van der Waals surface area contributed by atoms with E-state index in [1.807, 2.05) is 30.3 Å². The van der Waals surface area contributed by atoms with Gasteiger partial charge in [-0.05, 0) is 31.0 Å². The second kappa shape index (κ2) is 8.31. The van der Waals surface area contributed by atoms with Gasteiger partial charge in [0, 0.05) is 30.2 Å². The summed E-state index contributed by atoms with van der Waals surface area (Å²) in [5.41, 5.74) is 1.59. The van der Waals surface area contributed by atoms with E-state index >= 15 is 0 Å². The van der Waals surface area contributed by atoms with Crippen molar-refractivity contribution in [2.75, 3.05) is 13.1 Å². The molecular weight excluding hydrogens is 388 g/mol. The van der Waals surface area contributed by atoms with E-state index in [9.17, 15) is 13.2 Å². The minimum Gasteiger partial charge on any atom is -0.457 e. The fraction of sp³-hybridized carbons (Fsp3) is 0.273. The van der Waals surface area contributed by atoms with Crippen LogP contribution >= 0.6 is 0 Å². The molecule has 2 aromatic carbocycles. The second-order valence-corrected chi connectivity index (χ2v) is 8.94. The van der Waals surface area contributed by atoms with Crippen LogP contribution in [0, 0.1) is 0 Å². The number of ether oxygens (including phenoxy) is 1. The Kier molecular flexibility index (Phi) is 5.60. The third-order valence-electron chi connectivity index (χ3n) is 5.11. The minimum absolute atomic E-state index is 0.00273. The summed E-state index contributed by atoms with van der Waals surface area (Å²) in [5.74, 6) is -0.658. The van der Waals surface area contributed by atoms with Crippen molar-refractivity contribution >= 4 is 26.9 Å². The maximum absolute atomic E-state index is 13.1. The summed E-state index contributed by atoms with van der Waals surface area (Å²) in [4.78, 5) is 17.1. The summed E-state index contributed by atoms with van der Waals surface area (Å²) in [6.45, 7) is 0.978. The van der Waals surface area contributed by atoms with Crippen molar-refractivity contribution < 1.29 is 17.9 Å². The lowest BCUT2D eigenvalue weighted by Gasteiger charge is -2.26. The molecule has 7 heteroatoms. The number of esters is 1. The maximum Gasteiger partial charge on any atom is 0.339 e. The summed E-state index contributed by atoms with van der Waals surface area (Å²) in [6, 6.07) is 15.7. The summed E-state index contributed by atoms with van der Waals surface area (Å²) in [7, 11) is -3.74. The average molecular weight is 410 g/mol. The lowest BCUT2D eigenvalue weighted by Crippen LogP contribution is -2.36. The number of hydrogen-bond acceptors (Lipinski definition) is 5. The van der Waals surface area contributed by atoms with E-state index in [4.69, 9.17) is 4.74 Å². The molecule has 150 valence electrons. The molecule has 1 saturated heterocycles. The number of para-hydroxylation sites is 1. The predicted octanol–water partition coefficient (Wildman–Crippen LogP) is 3.77. The van der Waals surface area contributed by atoms with Gasteiger partial charge in [-0.2, -0.15) is 4.31 Å². The van der Waals surface area contributed by atoms with Crippen LogP contribution in [0.25, 0.3) is 10.9 Å². The summed E-state index contributed by atoms with van der Waals surface area (Å²) >= 11 is 0. The van der Waals surface area contributed by atoms with Gasteiger partial charge in [-0.3, -0.25) is 4.98 Å². The number of benzene rings is 2. The van der Waals surface area contributed by atoms with Crippen molar-refractivity contribution in [3.63, 3.8) is 0 Å². The van der Waals surface area contributed by atoms with Gasteiger partial charge in [0.2, 0.25) is 10.0 Å². The molecule has 0 amide bonds. The van der Waals surface area contributed by atoms with E-state index < -0.39 is 16.0 Å². The van der Waals surface area contributed by atoms with E-state index in [0.717, 1.165) is 35.7 Å². The van der Waals surface area contributed by atoms with Gasteiger partial charge < -0.3 is 4.74 Å². The molecule has 2 heterocycles. The number of carbonyl (C=O) groups excluding carboxylic acids is 1. The van der Waals surface area contributed by atoms with E-state index in [0.29, 0.717) is 13.1 Å². The normalized spacial score (nSPS) is 15.3. The highest BCUT2D eigenvalue weighted by Crippen LogP contribution is 2.25. The first-order valence-electron chi connectivity index (χ1n) is 9.66. The predicted molar refractivity (Wildman–Crippen MR) is 110 cm³/mol. The quantitative estimate of drug-likeness (QED) is 0.599. The smallest absolute Gasteiger partial charge is 0.339 e. The van der Waals surface area contributed by atoms with Gasteiger partial charge >= 0.3 is 5.97 Å². The summed E-state index contributed by atoms with van der Waals surface area (Å²) in [6.07, 6.45) is 4.38. The molecule has 1 aliphatic heterocycles. The molecule has 0 bridgehead atoms. The molecule has 1 aliphatic rings. The molecular formula is C22H22N2O4S. The molecule has 1 aromatic heterocycles. The first kappa shape index (κ1) is 19.5. The van der Waals surface area contributed by atoms with E-state index in [2.05, 4.69) is 4.98 Å². The molecule has 0 atom stereocenters. The average Bonchev–Trinajstić information content (AvgIpc) is 2.78. The molecule has 4 rings (SSSR count). The van der Waals surface area contributed by atoms with Crippen LogP contribution in [0.5, 0.6) is 0 Å². The Balaban J connectivity index is 1.58. The number of fused-ring (bicyclic) bond motifs is 1. The molecule has 29 heavy (non-hydrogen) atoms. The Bertz CT molecular complexity index is 1130. The van der Waals surface area contributed by atoms with Crippen LogP contribution in [0.15, 0.2) is 65.7 Å². The Morgan fingerprint density at radius 1 is 0.966 bits per heavy atom. The fourth-order valence-electron chi connectivity index (χ4n) is 3.61. The van der Waals surface area contributed by atoms with E-state index in [-0.39, 0.29) is 17.1 Å². The van der Waals surface area contributed by atoms with E-state index in [1.54, 1.807) is 18.3 Å². The number of sulfonamides is 1. The largest absolute Gasteiger partial charge is 0.457 e. The third-order valence-corrected chi connectivity index (χ3v) is 7.07. The lowest BCUT2D eigenvalue weighted by molar-refractivity contribution is 0.0469. The van der Waals surface area contributed by atoms with Gasteiger partial charge in [0.25, 0.3) is 0 Å². The topological polar surface area (TPSA) is 76.6 Å². The highest BCUT2D eigenvalue weighted by Gasteiger charge is 2.30. The highest BCUT2D eigenvalue weighted by molar-refractivity contribution is 7.89. The van der Waals surface area contributed by atoms with Crippen molar-refractivity contribution in [1.29, 1.82) is 0 Å². The zero-order valence-electron chi connectivity index (χ0n) is 16.0. The lowest BCUT2D eigenvalue weighted by atomic mass is 10.1. The van der Waals surface area contributed by atoms with Crippen molar-refractivity contribution in [1.82, 2.24) is 9.29 Å². The number of hydrogen-bond donors (Lipinski definition) is 0. The Morgan fingerprint density at radius 2 is 1.72 bits per heavy atom. The fourth-order valence-corrected chi connectivity index (χ4v) is 5.31. The van der Waals surface area contributed by atoms with Gasteiger partial charge in [-0.25, -0.2) is 13.2 Å². The molecule has 3 aromatic rings. The van der Waals surface area contributed by atoms with Crippen LogP contribution in [0.3, 0.4) is 0 Å². The number of carbonyl (C=O) groups is 1. The zero-order valence-corrected chi connectivity index (χ0v) is 16.8. The Hall–Kier alpha value is -2.77. The monoisotopic (exact) mass is 410 g/mol. The molecule has 6 nitrogen and oxygen atoms in total. The molecule has 0 aliphatic carbocycles. The van der Waals surface area contributed by atoms with Crippen LogP contribution in [0.4, 0.5) is 0 Å². The zero-order chi connectivity index (χ0) is 20.3. The van der Waals surface area contributed by atoms with Crippen molar-refractivity contribution in [3.05, 3.63) is 71.9 Å². The van der Waals surface area contributed by atoms with Crippen LogP contribution in [-0.4, -0.2) is 36.8 Å². The second-order valence-electron chi connectivity index (χ2n) is 7.03. The third kappa shape index (κ3) is 4.02. The first-order chi connectivity index (χ1) is 14.1. The first-order valence-corrected chi connectivity index (χ1v) is 11.1. The summed E-state index contributed by atoms with van der Waals surface area (Å²) in [5, 5.41) is 0.953. The van der Waals surface area contributed by atoms with Crippen LogP contribution in [-0.2, 0) is 21.4 Å². The number of rotatable bonds is 5. The van der Waals surface area contributed by atoms with Crippen LogP contribution < -0.4 is 0 Å². The van der Waals surface area contributed by atoms with Crippen LogP contribution in [0.2, 0.25) is 0 Å². The van der Waals surface area contributed by atoms with Gasteiger partial charge in [0.1, 0.15) is 6.61 Å². The van der Waals surface area contributed by atoms with Crippen LogP contribution in [0.1, 0.15) is 35.2 Å². The van der Waals surface area contributed by atoms with Crippen molar-refractivity contribution in [3.8, 4) is 0 Å². The van der Waals surface area contributed by atoms with Gasteiger partial charge in [0.05, 0.1) is 16.0 Å². The number of pyridine rings is 1.